The molecule has 0 aliphatic carbocycles. The Hall–Kier alpha value is -2.49. The van der Waals surface area contributed by atoms with Crippen LogP contribution in [-0.2, 0) is 15.1 Å². The number of nitrogens with zero attached hydrogens (tertiary/aromatic N) is 1. The zero-order valence-electron chi connectivity index (χ0n) is 17.9. The first-order valence-electron chi connectivity index (χ1n) is 10.4. The standard InChI is InChI=1S/C23H23ClF3NO5/c1-30-19-11-15(5-6-18(19)31-10-8-23(25,26)27)21(29)28-9-7-22(20(13-28)32-14-33-22)16-3-2-4-17(24)12-16/h2-6,11-12,20H,7-10,13-14H2,1H3/t20?,22-/m1/s1. The van der Waals surface area contributed by atoms with Crippen LogP contribution in [0.25, 0.3) is 0 Å². The number of methoxy groups -OCH3 is 1. The lowest BCUT2D eigenvalue weighted by Crippen LogP contribution is -2.53. The molecule has 2 atom stereocenters. The van der Waals surface area contributed by atoms with Crippen molar-refractivity contribution >= 4 is 17.5 Å². The second kappa shape index (κ2) is 9.40. The molecule has 0 spiro atoms. The number of carbonyl (C=O) groups is 1. The van der Waals surface area contributed by atoms with Crippen LogP contribution in [0.5, 0.6) is 11.5 Å². The van der Waals surface area contributed by atoms with Gasteiger partial charge in [-0.2, -0.15) is 13.2 Å². The number of likely N-dealkylation sites (tertiary alicyclic amines) is 1. The SMILES string of the molecule is COc1cc(C(=O)N2CC[C@]3(c4cccc(Cl)c4)OCOC3C2)ccc1OCCC(F)(F)F. The summed E-state index contributed by atoms with van der Waals surface area (Å²) in [6, 6.07) is 11.9. The summed E-state index contributed by atoms with van der Waals surface area (Å²) in [4.78, 5) is 14.8. The molecule has 178 valence electrons. The number of carbonyl (C=O) groups excluding carboxylic acids is 1. The Labute approximate surface area is 194 Å². The number of fused-ring (bicyclic) bond motifs is 1. The molecule has 4 rings (SSSR count). The summed E-state index contributed by atoms with van der Waals surface area (Å²) < 4.78 is 59.4. The van der Waals surface area contributed by atoms with Gasteiger partial charge in [0.25, 0.3) is 5.91 Å². The number of halogens is 4. The van der Waals surface area contributed by atoms with Gasteiger partial charge in [-0.15, -0.1) is 0 Å². The van der Waals surface area contributed by atoms with Gasteiger partial charge in [-0.25, -0.2) is 0 Å². The second-order valence-corrected chi connectivity index (χ2v) is 8.33. The maximum absolute atomic E-state index is 13.2. The van der Waals surface area contributed by atoms with Crippen LogP contribution in [0.15, 0.2) is 42.5 Å². The van der Waals surface area contributed by atoms with E-state index in [1.807, 2.05) is 18.2 Å². The molecule has 0 aromatic heterocycles. The molecule has 0 radical (unpaired) electrons. The molecule has 2 aliphatic rings. The van der Waals surface area contributed by atoms with Gasteiger partial charge < -0.3 is 23.8 Å². The fourth-order valence-corrected chi connectivity index (χ4v) is 4.39. The average Bonchev–Trinajstić information content (AvgIpc) is 3.22. The van der Waals surface area contributed by atoms with Gasteiger partial charge in [0.1, 0.15) is 18.5 Å². The number of hydrogen-bond acceptors (Lipinski definition) is 5. The summed E-state index contributed by atoms with van der Waals surface area (Å²) in [5.41, 5.74) is 0.575. The van der Waals surface area contributed by atoms with Crippen molar-refractivity contribution in [2.24, 2.45) is 0 Å². The van der Waals surface area contributed by atoms with Crippen molar-refractivity contribution in [3.8, 4) is 11.5 Å². The van der Waals surface area contributed by atoms with Gasteiger partial charge in [-0.3, -0.25) is 4.79 Å². The van der Waals surface area contributed by atoms with E-state index in [-0.39, 0.29) is 30.3 Å². The Bertz CT molecular complexity index is 1020. The van der Waals surface area contributed by atoms with E-state index >= 15 is 0 Å². The molecule has 6 nitrogen and oxygen atoms in total. The van der Waals surface area contributed by atoms with Crippen LogP contribution in [0.4, 0.5) is 13.2 Å². The summed E-state index contributed by atoms with van der Waals surface area (Å²) >= 11 is 6.17. The molecule has 2 aromatic carbocycles. The number of alkyl halides is 3. The van der Waals surface area contributed by atoms with Crippen LogP contribution >= 0.6 is 11.6 Å². The first kappa shape index (κ1) is 23.7. The molecule has 1 unspecified atom stereocenters. The molecule has 2 heterocycles. The van der Waals surface area contributed by atoms with Crippen molar-refractivity contribution < 1.29 is 36.9 Å². The van der Waals surface area contributed by atoms with Crippen LogP contribution in [0, 0.1) is 0 Å². The van der Waals surface area contributed by atoms with Crippen LogP contribution in [-0.4, -0.2) is 56.7 Å². The Morgan fingerprint density at radius 3 is 2.79 bits per heavy atom. The highest BCUT2D eigenvalue weighted by Crippen LogP contribution is 2.43. The van der Waals surface area contributed by atoms with Gasteiger partial charge in [0.05, 0.1) is 26.7 Å². The van der Waals surface area contributed by atoms with E-state index in [1.165, 1.54) is 25.3 Å². The minimum Gasteiger partial charge on any atom is -0.493 e. The summed E-state index contributed by atoms with van der Waals surface area (Å²) in [7, 11) is 1.37. The summed E-state index contributed by atoms with van der Waals surface area (Å²) in [6.07, 6.45) is -5.23. The van der Waals surface area contributed by atoms with Crippen molar-refractivity contribution in [1.29, 1.82) is 0 Å². The number of amides is 1. The predicted molar refractivity (Wildman–Crippen MR) is 114 cm³/mol. The Kier molecular flexibility index (Phi) is 6.74. The third-order valence-corrected chi connectivity index (χ3v) is 6.13. The van der Waals surface area contributed by atoms with Crippen molar-refractivity contribution in [2.75, 3.05) is 33.6 Å². The lowest BCUT2D eigenvalue weighted by atomic mass is 9.82. The zero-order valence-corrected chi connectivity index (χ0v) is 18.6. The van der Waals surface area contributed by atoms with Crippen molar-refractivity contribution in [2.45, 2.75) is 30.7 Å². The van der Waals surface area contributed by atoms with E-state index < -0.39 is 24.8 Å². The van der Waals surface area contributed by atoms with Gasteiger partial charge in [-0.1, -0.05) is 23.7 Å². The maximum Gasteiger partial charge on any atom is 0.392 e. The molecular formula is C23H23ClF3NO5. The number of rotatable bonds is 6. The van der Waals surface area contributed by atoms with Crippen LogP contribution in [0.3, 0.4) is 0 Å². The first-order valence-corrected chi connectivity index (χ1v) is 10.8. The van der Waals surface area contributed by atoms with Crippen molar-refractivity contribution in [3.05, 3.63) is 58.6 Å². The quantitative estimate of drug-likeness (QED) is 0.588. The third-order valence-electron chi connectivity index (χ3n) is 5.90. The third kappa shape index (κ3) is 5.05. The normalized spacial score (nSPS) is 22.7. The number of ether oxygens (including phenoxy) is 4. The molecule has 0 saturated carbocycles. The lowest BCUT2D eigenvalue weighted by molar-refractivity contribution is -0.139. The molecule has 2 saturated heterocycles. The van der Waals surface area contributed by atoms with E-state index in [0.29, 0.717) is 30.1 Å². The van der Waals surface area contributed by atoms with Gasteiger partial charge >= 0.3 is 6.18 Å². The Morgan fingerprint density at radius 2 is 2.06 bits per heavy atom. The van der Waals surface area contributed by atoms with Gasteiger partial charge in [0.15, 0.2) is 11.5 Å². The van der Waals surface area contributed by atoms with E-state index in [9.17, 15) is 18.0 Å². The summed E-state index contributed by atoms with van der Waals surface area (Å²) in [5.74, 6) is 0.0866. The highest BCUT2D eigenvalue weighted by atomic mass is 35.5. The van der Waals surface area contributed by atoms with Crippen LogP contribution in [0.2, 0.25) is 5.02 Å². The highest BCUT2D eigenvalue weighted by molar-refractivity contribution is 6.30. The molecule has 1 amide bonds. The lowest BCUT2D eigenvalue weighted by Gasteiger charge is -2.42. The molecule has 10 heteroatoms. The first-order chi connectivity index (χ1) is 15.7. The van der Waals surface area contributed by atoms with E-state index in [4.69, 9.17) is 30.5 Å². The molecule has 33 heavy (non-hydrogen) atoms. The number of hydrogen-bond donors (Lipinski definition) is 0. The number of piperidine rings is 1. The molecule has 2 aromatic rings. The topological polar surface area (TPSA) is 57.2 Å². The summed E-state index contributed by atoms with van der Waals surface area (Å²) in [5, 5.41) is 0.597. The second-order valence-electron chi connectivity index (χ2n) is 7.90. The Balaban J connectivity index is 1.47. The Morgan fingerprint density at radius 1 is 1.24 bits per heavy atom. The fraction of sp³-hybridized carbons (Fsp3) is 0.435. The largest absolute Gasteiger partial charge is 0.493 e. The zero-order chi connectivity index (χ0) is 23.6. The minimum atomic E-state index is -4.32. The van der Waals surface area contributed by atoms with Gasteiger partial charge in [0.2, 0.25) is 0 Å². The number of benzene rings is 2. The minimum absolute atomic E-state index is 0.122. The van der Waals surface area contributed by atoms with E-state index in [0.717, 1.165) is 5.56 Å². The van der Waals surface area contributed by atoms with Crippen molar-refractivity contribution in [1.82, 2.24) is 4.90 Å². The predicted octanol–water partition coefficient (Wildman–Crippen LogP) is 4.79. The molecule has 0 bridgehead atoms. The smallest absolute Gasteiger partial charge is 0.392 e. The summed E-state index contributed by atoms with van der Waals surface area (Å²) in [6.45, 7) is 0.329. The molecule has 0 N–H and O–H groups in total. The van der Waals surface area contributed by atoms with Gasteiger partial charge in [-0.05, 0) is 35.9 Å². The highest BCUT2D eigenvalue weighted by Gasteiger charge is 2.51. The molecular weight excluding hydrogens is 463 g/mol. The van der Waals surface area contributed by atoms with E-state index in [2.05, 4.69) is 0 Å². The van der Waals surface area contributed by atoms with Crippen molar-refractivity contribution in [3.63, 3.8) is 0 Å². The average molecular weight is 486 g/mol. The molecule has 2 fully saturated rings. The van der Waals surface area contributed by atoms with E-state index in [1.54, 1.807) is 11.0 Å². The van der Waals surface area contributed by atoms with Crippen LogP contribution in [0.1, 0.15) is 28.8 Å². The monoisotopic (exact) mass is 485 g/mol. The maximum atomic E-state index is 13.2. The fourth-order valence-electron chi connectivity index (χ4n) is 4.20. The van der Waals surface area contributed by atoms with Crippen LogP contribution < -0.4 is 9.47 Å². The van der Waals surface area contributed by atoms with Gasteiger partial charge in [0, 0.05) is 23.6 Å². The molecule has 2 aliphatic heterocycles.